The second kappa shape index (κ2) is 10.3. The molecule has 0 aliphatic rings. The molecule has 0 saturated heterocycles. The van der Waals surface area contributed by atoms with E-state index in [1.165, 1.54) is 12.1 Å². The number of thioether (sulfide) groups is 1. The Morgan fingerprint density at radius 3 is 2.32 bits per heavy atom. The van der Waals surface area contributed by atoms with E-state index in [0.29, 0.717) is 16.5 Å². The predicted molar refractivity (Wildman–Crippen MR) is 119 cm³/mol. The summed E-state index contributed by atoms with van der Waals surface area (Å²) in [5, 5.41) is 8.70. The molecule has 172 valence electrons. The van der Waals surface area contributed by atoms with Crippen LogP contribution in [0, 0.1) is 17.5 Å². The number of carbonyl (C=O) groups excluding carboxylic acids is 2. The molecule has 0 unspecified atom stereocenters. The van der Waals surface area contributed by atoms with Crippen LogP contribution in [-0.4, -0.2) is 38.9 Å². The molecule has 1 heterocycles. The molecule has 0 saturated carbocycles. The highest BCUT2D eigenvalue weighted by molar-refractivity contribution is 7.99. The van der Waals surface area contributed by atoms with E-state index in [4.69, 9.17) is 4.74 Å². The molecule has 0 aliphatic heterocycles. The van der Waals surface area contributed by atoms with Gasteiger partial charge in [0.1, 0.15) is 17.5 Å². The fraction of sp³-hybridized carbons (Fsp3) is 0.0833. The number of para-hydroxylation sites is 1. The smallest absolute Gasteiger partial charge is 0.316 e. The molecule has 0 bridgehead atoms. The van der Waals surface area contributed by atoms with Crippen molar-refractivity contribution >= 4 is 23.5 Å². The van der Waals surface area contributed by atoms with Gasteiger partial charge in [-0.1, -0.05) is 30.0 Å². The lowest BCUT2D eigenvalue weighted by Crippen LogP contribution is -2.17. The van der Waals surface area contributed by atoms with Gasteiger partial charge in [-0.2, -0.15) is 0 Å². The van der Waals surface area contributed by atoms with Crippen molar-refractivity contribution in [1.82, 2.24) is 14.8 Å². The first-order valence-electron chi connectivity index (χ1n) is 9.96. The van der Waals surface area contributed by atoms with Gasteiger partial charge in [0, 0.05) is 11.3 Å². The highest BCUT2D eigenvalue weighted by atomic mass is 32.2. The fourth-order valence-electron chi connectivity index (χ4n) is 3.06. The number of hydrogen-bond donors (Lipinski definition) is 0. The summed E-state index contributed by atoms with van der Waals surface area (Å²) in [4.78, 5) is 24.3. The first kappa shape index (κ1) is 23.2. The Morgan fingerprint density at radius 1 is 0.882 bits per heavy atom. The third kappa shape index (κ3) is 5.34. The van der Waals surface area contributed by atoms with Crippen LogP contribution in [0.3, 0.4) is 0 Å². The highest BCUT2D eigenvalue weighted by Crippen LogP contribution is 2.28. The average molecular weight is 483 g/mol. The summed E-state index contributed by atoms with van der Waals surface area (Å²) in [6, 6.07) is 17.4. The highest BCUT2D eigenvalue weighted by Gasteiger charge is 2.19. The first-order chi connectivity index (χ1) is 16.4. The van der Waals surface area contributed by atoms with Crippen molar-refractivity contribution in [1.29, 1.82) is 0 Å². The van der Waals surface area contributed by atoms with Crippen LogP contribution in [-0.2, 0) is 9.53 Å². The van der Waals surface area contributed by atoms with Gasteiger partial charge in [-0.3, -0.25) is 14.2 Å². The minimum Gasteiger partial charge on any atom is -0.457 e. The minimum absolute atomic E-state index is 0.215. The molecule has 6 nitrogen and oxygen atoms in total. The van der Waals surface area contributed by atoms with Gasteiger partial charge in [-0.05, 0) is 54.6 Å². The topological polar surface area (TPSA) is 74.1 Å². The van der Waals surface area contributed by atoms with Crippen molar-refractivity contribution in [3.05, 3.63) is 95.8 Å². The fourth-order valence-corrected chi connectivity index (χ4v) is 3.81. The number of esters is 1. The summed E-state index contributed by atoms with van der Waals surface area (Å²) in [6.45, 7) is -0.730. The number of benzene rings is 3. The van der Waals surface area contributed by atoms with Gasteiger partial charge < -0.3 is 4.74 Å². The van der Waals surface area contributed by atoms with Gasteiger partial charge in [0.15, 0.2) is 17.6 Å². The molecular weight excluding hydrogens is 467 g/mol. The van der Waals surface area contributed by atoms with Gasteiger partial charge in [0.2, 0.25) is 5.78 Å². The number of rotatable bonds is 8. The van der Waals surface area contributed by atoms with Crippen molar-refractivity contribution in [2.75, 3.05) is 12.4 Å². The summed E-state index contributed by atoms with van der Waals surface area (Å²) >= 11 is 1.02. The summed E-state index contributed by atoms with van der Waals surface area (Å²) < 4.78 is 47.0. The number of halogens is 3. The van der Waals surface area contributed by atoms with E-state index < -0.39 is 35.6 Å². The second-order valence-electron chi connectivity index (χ2n) is 6.98. The van der Waals surface area contributed by atoms with E-state index in [2.05, 4.69) is 10.2 Å². The molecule has 0 amide bonds. The molecular formula is C24H16F3N3O3S. The Morgan fingerprint density at radius 2 is 1.59 bits per heavy atom. The van der Waals surface area contributed by atoms with Crippen LogP contribution >= 0.6 is 11.8 Å². The van der Waals surface area contributed by atoms with Crippen LogP contribution in [0.25, 0.3) is 17.1 Å². The summed E-state index contributed by atoms with van der Waals surface area (Å²) in [5.41, 5.74) is 0.850. The molecule has 0 spiro atoms. The van der Waals surface area contributed by atoms with E-state index >= 15 is 0 Å². The monoisotopic (exact) mass is 483 g/mol. The molecule has 34 heavy (non-hydrogen) atoms. The number of ketones is 1. The molecule has 0 N–H and O–H groups in total. The average Bonchev–Trinajstić information content (AvgIpc) is 3.27. The maximum absolute atomic E-state index is 13.7. The molecule has 0 atom stereocenters. The Kier molecular flexibility index (Phi) is 7.07. The number of carbonyl (C=O) groups is 2. The Hall–Kier alpha value is -3.92. The molecule has 3 aromatic carbocycles. The summed E-state index contributed by atoms with van der Waals surface area (Å²) in [5.74, 6) is -3.45. The lowest BCUT2D eigenvalue weighted by atomic mass is 10.1. The molecule has 4 aromatic rings. The Bertz CT molecular complexity index is 1330. The van der Waals surface area contributed by atoms with Crippen LogP contribution < -0.4 is 0 Å². The molecule has 4 rings (SSSR count). The number of aromatic nitrogens is 3. The third-order valence-electron chi connectivity index (χ3n) is 4.66. The predicted octanol–water partition coefficient (Wildman–Crippen LogP) is 4.87. The first-order valence-corrected chi connectivity index (χ1v) is 10.9. The number of ether oxygens (including phenoxy) is 1. The molecule has 10 heteroatoms. The number of Topliss-reactive ketones (excluding diaryl/α,β-unsaturated/α-hetero) is 1. The van der Waals surface area contributed by atoms with Crippen LogP contribution in [0.15, 0.2) is 78.0 Å². The normalized spacial score (nSPS) is 10.8. The standard InChI is InChI=1S/C24H16F3N3O3S/c25-16-8-6-15(7-9-16)23-28-29-24(30(23)18-4-2-1-3-5-18)34-14-22(32)33-13-21(31)19-12-17(26)10-11-20(19)27/h1-12H,13-14H2. The number of nitrogens with zero attached hydrogens (tertiary/aromatic N) is 3. The van der Waals surface area contributed by atoms with E-state index in [-0.39, 0.29) is 11.6 Å². The van der Waals surface area contributed by atoms with E-state index in [1.54, 1.807) is 16.7 Å². The lowest BCUT2D eigenvalue weighted by Gasteiger charge is -2.10. The van der Waals surface area contributed by atoms with Gasteiger partial charge in [-0.15, -0.1) is 10.2 Å². The molecule has 1 aromatic heterocycles. The largest absolute Gasteiger partial charge is 0.457 e. The van der Waals surface area contributed by atoms with Gasteiger partial charge in [-0.25, -0.2) is 13.2 Å². The van der Waals surface area contributed by atoms with Crippen LogP contribution in [0.1, 0.15) is 10.4 Å². The van der Waals surface area contributed by atoms with Crippen LogP contribution in [0.2, 0.25) is 0 Å². The SMILES string of the molecule is O=C(CSc1nnc(-c2ccc(F)cc2)n1-c1ccccc1)OCC(=O)c1cc(F)ccc1F. The van der Waals surface area contributed by atoms with E-state index in [1.807, 2.05) is 30.3 Å². The maximum atomic E-state index is 13.7. The zero-order chi connectivity index (χ0) is 24.1. The van der Waals surface area contributed by atoms with Crippen molar-refractivity contribution in [3.8, 4) is 17.1 Å². The van der Waals surface area contributed by atoms with E-state index in [9.17, 15) is 22.8 Å². The van der Waals surface area contributed by atoms with Crippen molar-refractivity contribution < 1.29 is 27.5 Å². The Balaban J connectivity index is 1.47. The van der Waals surface area contributed by atoms with E-state index in [0.717, 1.165) is 35.6 Å². The molecule has 0 aliphatic carbocycles. The zero-order valence-corrected chi connectivity index (χ0v) is 18.3. The third-order valence-corrected chi connectivity index (χ3v) is 5.56. The van der Waals surface area contributed by atoms with Crippen LogP contribution in [0.4, 0.5) is 13.2 Å². The summed E-state index contributed by atoms with van der Waals surface area (Å²) in [7, 11) is 0. The molecule has 0 radical (unpaired) electrons. The quantitative estimate of drug-likeness (QED) is 0.202. The Labute approximate surface area is 196 Å². The van der Waals surface area contributed by atoms with Gasteiger partial charge in [0.05, 0.1) is 11.3 Å². The van der Waals surface area contributed by atoms with Crippen LogP contribution in [0.5, 0.6) is 0 Å². The lowest BCUT2D eigenvalue weighted by molar-refractivity contribution is -0.139. The van der Waals surface area contributed by atoms with Crippen molar-refractivity contribution in [2.45, 2.75) is 5.16 Å². The number of hydrogen-bond acceptors (Lipinski definition) is 6. The van der Waals surface area contributed by atoms with Crippen molar-refractivity contribution in [2.24, 2.45) is 0 Å². The maximum Gasteiger partial charge on any atom is 0.316 e. The minimum atomic E-state index is -0.902. The summed E-state index contributed by atoms with van der Waals surface area (Å²) in [6.07, 6.45) is 0. The van der Waals surface area contributed by atoms with Crippen molar-refractivity contribution in [3.63, 3.8) is 0 Å². The zero-order valence-electron chi connectivity index (χ0n) is 17.5. The van der Waals surface area contributed by atoms with Gasteiger partial charge in [0.25, 0.3) is 0 Å². The van der Waals surface area contributed by atoms with Gasteiger partial charge >= 0.3 is 5.97 Å². The second-order valence-corrected chi connectivity index (χ2v) is 7.92. The molecule has 0 fully saturated rings.